The first-order valence-corrected chi connectivity index (χ1v) is 10.7. The summed E-state index contributed by atoms with van der Waals surface area (Å²) in [6.45, 7) is 0. The second-order valence-electron chi connectivity index (χ2n) is 5.76. The molecule has 1 aromatic heterocycles. The number of methoxy groups -OCH3 is 2. The molecule has 3 rings (SSSR count). The predicted molar refractivity (Wildman–Crippen MR) is 105 cm³/mol. The molecule has 7 heteroatoms. The summed E-state index contributed by atoms with van der Waals surface area (Å²) in [5, 5.41) is 3.85. The van der Waals surface area contributed by atoms with Crippen LogP contribution in [0.15, 0.2) is 64.2 Å². The molecule has 0 spiro atoms. The molecule has 0 aliphatic carbocycles. The molecule has 140 valence electrons. The van der Waals surface area contributed by atoms with Crippen LogP contribution in [0.25, 0.3) is 11.1 Å². The fourth-order valence-electron chi connectivity index (χ4n) is 2.84. The predicted octanol–water partition coefficient (Wildman–Crippen LogP) is 4.18. The van der Waals surface area contributed by atoms with Gasteiger partial charge in [-0.15, -0.1) is 0 Å². The molecule has 5 nitrogen and oxygen atoms in total. The van der Waals surface area contributed by atoms with Crippen molar-refractivity contribution >= 4 is 27.1 Å². The highest BCUT2D eigenvalue weighted by atomic mass is 32.2. The third kappa shape index (κ3) is 3.89. The van der Waals surface area contributed by atoms with Crippen LogP contribution < -0.4 is 4.74 Å². The van der Waals surface area contributed by atoms with Gasteiger partial charge in [-0.05, 0) is 40.1 Å². The van der Waals surface area contributed by atoms with E-state index in [1.54, 1.807) is 30.3 Å². The Morgan fingerprint density at radius 2 is 1.78 bits per heavy atom. The molecule has 27 heavy (non-hydrogen) atoms. The van der Waals surface area contributed by atoms with Crippen LogP contribution in [0.2, 0.25) is 0 Å². The summed E-state index contributed by atoms with van der Waals surface area (Å²) in [6.07, 6.45) is 0. The van der Waals surface area contributed by atoms with Crippen LogP contribution in [-0.2, 0) is 20.3 Å². The smallest absolute Gasteiger partial charge is 0.341 e. The molecule has 0 N–H and O–H groups in total. The highest BCUT2D eigenvalue weighted by Gasteiger charge is 2.26. The number of esters is 1. The molecule has 0 atom stereocenters. The molecule has 2 aromatic carbocycles. The number of carbonyl (C=O) groups is 1. The van der Waals surface area contributed by atoms with Crippen molar-refractivity contribution in [1.29, 1.82) is 0 Å². The van der Waals surface area contributed by atoms with Gasteiger partial charge >= 0.3 is 5.97 Å². The summed E-state index contributed by atoms with van der Waals surface area (Å²) >= 11 is 1.52. The van der Waals surface area contributed by atoms with Crippen molar-refractivity contribution in [3.63, 3.8) is 0 Å². The topological polar surface area (TPSA) is 69.7 Å². The standard InChI is InChI=1S/C20H18O5S2/c1-24-19-17(14-10-11-26-12-14)9-8-15(18(19)20(21)25-2)13-27(22,23)16-6-4-3-5-7-16/h3-12H,13H2,1-2H3. The summed E-state index contributed by atoms with van der Waals surface area (Å²) < 4.78 is 36.0. The molecule has 0 unspecified atom stereocenters. The average Bonchev–Trinajstić information content (AvgIpc) is 3.22. The molecule has 0 fully saturated rings. The molecular formula is C20H18O5S2. The normalized spacial score (nSPS) is 11.2. The maximum Gasteiger partial charge on any atom is 0.341 e. The van der Waals surface area contributed by atoms with E-state index in [9.17, 15) is 13.2 Å². The van der Waals surface area contributed by atoms with Crippen molar-refractivity contribution in [2.24, 2.45) is 0 Å². The Kier molecular flexibility index (Phi) is 5.62. The first kappa shape index (κ1) is 19.1. The lowest BCUT2D eigenvalue weighted by molar-refractivity contribution is 0.0596. The van der Waals surface area contributed by atoms with E-state index in [0.717, 1.165) is 5.56 Å². The number of hydrogen-bond acceptors (Lipinski definition) is 6. The Morgan fingerprint density at radius 3 is 2.37 bits per heavy atom. The van der Waals surface area contributed by atoms with E-state index in [0.29, 0.717) is 16.9 Å². The molecule has 0 bridgehead atoms. The third-order valence-electron chi connectivity index (χ3n) is 4.12. The highest BCUT2D eigenvalue weighted by molar-refractivity contribution is 7.90. The molecule has 1 heterocycles. The lowest BCUT2D eigenvalue weighted by atomic mass is 9.99. The van der Waals surface area contributed by atoms with Gasteiger partial charge in [0.25, 0.3) is 0 Å². The SMILES string of the molecule is COC(=O)c1c(CS(=O)(=O)c2ccccc2)ccc(-c2ccsc2)c1OC. The number of hydrogen-bond donors (Lipinski definition) is 0. The molecule has 0 aliphatic heterocycles. The lowest BCUT2D eigenvalue weighted by Crippen LogP contribution is -2.13. The molecule has 0 aliphatic rings. The lowest BCUT2D eigenvalue weighted by Gasteiger charge is -2.16. The van der Waals surface area contributed by atoms with Crippen molar-refractivity contribution in [1.82, 2.24) is 0 Å². The summed E-state index contributed by atoms with van der Waals surface area (Å²) in [7, 11) is -0.921. The van der Waals surface area contributed by atoms with Gasteiger partial charge in [0.1, 0.15) is 11.3 Å². The van der Waals surface area contributed by atoms with Gasteiger partial charge < -0.3 is 9.47 Å². The first-order chi connectivity index (χ1) is 13.0. The number of benzene rings is 2. The third-order valence-corrected chi connectivity index (χ3v) is 6.48. The van der Waals surface area contributed by atoms with Gasteiger partial charge in [-0.1, -0.05) is 30.3 Å². The summed E-state index contributed by atoms with van der Waals surface area (Å²) in [5.74, 6) is -0.662. The van der Waals surface area contributed by atoms with E-state index in [1.807, 2.05) is 16.8 Å². The number of carbonyl (C=O) groups excluding carboxylic acids is 1. The van der Waals surface area contributed by atoms with Crippen molar-refractivity contribution in [2.45, 2.75) is 10.6 Å². The van der Waals surface area contributed by atoms with E-state index in [2.05, 4.69) is 0 Å². The summed E-state index contributed by atoms with van der Waals surface area (Å²) in [6, 6.07) is 13.4. The Bertz CT molecular complexity index is 1040. The first-order valence-electron chi connectivity index (χ1n) is 8.06. The van der Waals surface area contributed by atoms with E-state index in [-0.39, 0.29) is 16.2 Å². The summed E-state index contributed by atoms with van der Waals surface area (Å²) in [4.78, 5) is 12.7. The minimum atomic E-state index is -3.63. The number of sulfone groups is 1. The van der Waals surface area contributed by atoms with Crippen LogP contribution in [0.4, 0.5) is 0 Å². The zero-order valence-corrected chi connectivity index (χ0v) is 16.5. The molecule has 0 saturated carbocycles. The minimum Gasteiger partial charge on any atom is -0.495 e. The van der Waals surface area contributed by atoms with E-state index in [4.69, 9.17) is 9.47 Å². The Balaban J connectivity index is 2.14. The van der Waals surface area contributed by atoms with Gasteiger partial charge in [0.2, 0.25) is 0 Å². The molecule has 3 aromatic rings. The molecule has 0 saturated heterocycles. The number of ether oxygens (including phenoxy) is 2. The zero-order chi connectivity index (χ0) is 19.4. The molecule has 0 radical (unpaired) electrons. The zero-order valence-electron chi connectivity index (χ0n) is 14.8. The largest absolute Gasteiger partial charge is 0.495 e. The minimum absolute atomic E-state index is 0.128. The van der Waals surface area contributed by atoms with Crippen molar-refractivity contribution in [3.05, 3.63) is 70.4 Å². The van der Waals surface area contributed by atoms with Crippen LogP contribution in [0.5, 0.6) is 5.75 Å². The summed E-state index contributed by atoms with van der Waals surface area (Å²) in [5.41, 5.74) is 2.06. The second-order valence-corrected chi connectivity index (χ2v) is 8.53. The van der Waals surface area contributed by atoms with Gasteiger partial charge in [0, 0.05) is 5.56 Å². The second kappa shape index (κ2) is 7.94. The highest BCUT2D eigenvalue weighted by Crippen LogP contribution is 2.37. The Hall–Kier alpha value is -2.64. The van der Waals surface area contributed by atoms with Crippen LogP contribution in [0.1, 0.15) is 15.9 Å². The Morgan fingerprint density at radius 1 is 1.04 bits per heavy atom. The molecular weight excluding hydrogens is 384 g/mol. The fraction of sp³-hybridized carbons (Fsp3) is 0.150. The Labute approximate surface area is 162 Å². The monoisotopic (exact) mass is 402 g/mol. The number of thiophene rings is 1. The average molecular weight is 402 g/mol. The fourth-order valence-corrected chi connectivity index (χ4v) is 4.89. The van der Waals surface area contributed by atoms with Crippen LogP contribution in [0.3, 0.4) is 0 Å². The maximum atomic E-state index is 12.8. The molecule has 0 amide bonds. The van der Waals surface area contributed by atoms with E-state index in [1.165, 1.54) is 37.7 Å². The van der Waals surface area contributed by atoms with Gasteiger partial charge in [-0.2, -0.15) is 11.3 Å². The van der Waals surface area contributed by atoms with Gasteiger partial charge in [-0.25, -0.2) is 13.2 Å². The van der Waals surface area contributed by atoms with Crippen LogP contribution in [0, 0.1) is 0 Å². The van der Waals surface area contributed by atoms with E-state index < -0.39 is 15.8 Å². The number of rotatable bonds is 6. The van der Waals surface area contributed by atoms with Gasteiger partial charge in [0.15, 0.2) is 9.84 Å². The van der Waals surface area contributed by atoms with Crippen molar-refractivity contribution in [3.8, 4) is 16.9 Å². The van der Waals surface area contributed by atoms with Crippen molar-refractivity contribution < 1.29 is 22.7 Å². The van der Waals surface area contributed by atoms with Gasteiger partial charge in [0.05, 0.1) is 24.9 Å². The quantitative estimate of drug-likeness (QED) is 0.579. The van der Waals surface area contributed by atoms with Crippen molar-refractivity contribution in [2.75, 3.05) is 14.2 Å². The van der Waals surface area contributed by atoms with Crippen LogP contribution in [-0.4, -0.2) is 28.6 Å². The van der Waals surface area contributed by atoms with Crippen LogP contribution >= 0.6 is 11.3 Å². The van der Waals surface area contributed by atoms with Gasteiger partial charge in [-0.3, -0.25) is 0 Å². The maximum absolute atomic E-state index is 12.8. The van der Waals surface area contributed by atoms with E-state index >= 15 is 0 Å².